The maximum atomic E-state index is 12.0. The number of hydrogen-bond acceptors (Lipinski definition) is 7. The Balaban J connectivity index is 0. The van der Waals surface area contributed by atoms with E-state index < -0.39 is 18.7 Å². The molecular formula is C18H29NaO7SSi. The van der Waals surface area contributed by atoms with Gasteiger partial charge >= 0.3 is 38.1 Å². The third kappa shape index (κ3) is 12.2. The van der Waals surface area contributed by atoms with E-state index in [1.54, 1.807) is 0 Å². The van der Waals surface area contributed by atoms with Gasteiger partial charge in [-0.15, -0.1) is 0 Å². The molecule has 0 N–H and O–H groups in total. The molecule has 0 saturated heterocycles. The van der Waals surface area contributed by atoms with Gasteiger partial charge in [-0.05, 0) is 50.6 Å². The fraction of sp³-hybridized carbons (Fsp3) is 0.556. The SMILES string of the molecule is C=O.CCO[Si](C)(CCCCC(=O)Cc1ccc(S(=O)(=O)[O-])cc1)OCC.[Na+]. The van der Waals surface area contributed by atoms with E-state index in [0.717, 1.165) is 18.9 Å². The Bertz CT molecular complexity index is 659. The van der Waals surface area contributed by atoms with Gasteiger partial charge in [0.05, 0.1) is 4.90 Å². The largest absolute Gasteiger partial charge is 1.00 e. The summed E-state index contributed by atoms with van der Waals surface area (Å²) in [7, 11) is -6.56. The van der Waals surface area contributed by atoms with E-state index >= 15 is 0 Å². The van der Waals surface area contributed by atoms with Gasteiger partial charge in [-0.3, -0.25) is 4.79 Å². The van der Waals surface area contributed by atoms with Crippen LogP contribution in [0.3, 0.4) is 0 Å². The van der Waals surface area contributed by atoms with E-state index in [1.165, 1.54) is 24.3 Å². The molecule has 0 fully saturated rings. The minimum atomic E-state index is -4.44. The van der Waals surface area contributed by atoms with Gasteiger partial charge in [0.2, 0.25) is 0 Å². The average Bonchev–Trinajstić information content (AvgIpc) is 2.61. The quantitative estimate of drug-likeness (QED) is 0.252. The molecule has 0 bridgehead atoms. The molecule has 0 aliphatic rings. The van der Waals surface area contributed by atoms with Crippen LogP contribution < -0.4 is 29.6 Å². The molecule has 0 aromatic heterocycles. The van der Waals surface area contributed by atoms with Crippen LogP contribution >= 0.6 is 0 Å². The van der Waals surface area contributed by atoms with Crippen LogP contribution in [-0.4, -0.2) is 47.3 Å². The van der Waals surface area contributed by atoms with Crippen LogP contribution in [0.1, 0.15) is 38.7 Å². The molecule has 0 heterocycles. The molecule has 1 rings (SSSR count). The molecule has 28 heavy (non-hydrogen) atoms. The summed E-state index contributed by atoms with van der Waals surface area (Å²) in [6, 6.07) is 6.37. The normalized spacial score (nSPS) is 11.1. The molecular weight excluding hydrogens is 411 g/mol. The summed E-state index contributed by atoms with van der Waals surface area (Å²) in [5.41, 5.74) is 0.709. The molecule has 1 aromatic rings. The van der Waals surface area contributed by atoms with Crippen molar-refractivity contribution < 1.29 is 61.0 Å². The molecule has 0 radical (unpaired) electrons. The second-order valence-electron chi connectivity index (χ2n) is 6.02. The topological polar surface area (TPSA) is 110 Å². The Morgan fingerprint density at radius 2 is 1.57 bits per heavy atom. The number of rotatable bonds is 12. The zero-order chi connectivity index (χ0) is 20.9. The molecule has 154 valence electrons. The Hall–Kier alpha value is -0.393. The standard InChI is InChI=1S/C17H28O6SSi.CH2O.Na/c1-4-22-25(3,23-5-2)13-7-6-8-16(18)14-15-9-11-17(12-10-15)24(19,20)21;1-2;/h9-12H,4-8,13-14H2,1-3H3,(H,19,20,21);1H2;/q;;+1/p-1. The predicted octanol–water partition coefficient (Wildman–Crippen LogP) is -0.163. The zero-order valence-electron chi connectivity index (χ0n) is 17.2. The van der Waals surface area contributed by atoms with Gasteiger partial charge in [-0.1, -0.05) is 18.6 Å². The molecule has 1 aromatic carbocycles. The van der Waals surface area contributed by atoms with Crippen LogP contribution in [0.15, 0.2) is 29.2 Å². The molecule has 7 nitrogen and oxygen atoms in total. The van der Waals surface area contributed by atoms with Crippen LogP contribution in [0.2, 0.25) is 12.6 Å². The number of benzene rings is 1. The Morgan fingerprint density at radius 3 is 2.00 bits per heavy atom. The summed E-state index contributed by atoms with van der Waals surface area (Å²) in [6.45, 7) is 9.23. The van der Waals surface area contributed by atoms with E-state index in [0.29, 0.717) is 25.2 Å². The Labute approximate surface area is 191 Å². The maximum absolute atomic E-state index is 12.0. The number of carbonyl (C=O) groups excluding carboxylic acids is 2. The number of Topliss-reactive ketones (excluding diaryl/α,β-unsaturated/α-hetero) is 1. The van der Waals surface area contributed by atoms with E-state index in [2.05, 4.69) is 0 Å². The Kier molecular flexibility index (Phi) is 16.4. The van der Waals surface area contributed by atoms with Crippen molar-refractivity contribution in [3.63, 3.8) is 0 Å². The first-order chi connectivity index (χ1) is 12.7. The molecule has 0 saturated carbocycles. The van der Waals surface area contributed by atoms with Gasteiger partial charge in [-0.25, -0.2) is 8.42 Å². The first-order valence-corrected chi connectivity index (χ1v) is 12.8. The van der Waals surface area contributed by atoms with Crippen LogP contribution in [0.4, 0.5) is 0 Å². The maximum Gasteiger partial charge on any atom is 1.00 e. The predicted molar refractivity (Wildman–Crippen MR) is 104 cm³/mol. The van der Waals surface area contributed by atoms with Crippen molar-refractivity contribution in [2.24, 2.45) is 0 Å². The molecule has 0 aliphatic heterocycles. The van der Waals surface area contributed by atoms with E-state index in [4.69, 9.17) is 13.6 Å². The third-order valence-corrected chi connectivity index (χ3v) is 7.76. The fourth-order valence-corrected chi connectivity index (χ4v) is 5.61. The monoisotopic (exact) mass is 440 g/mol. The molecule has 0 unspecified atom stereocenters. The van der Waals surface area contributed by atoms with Crippen molar-refractivity contribution in [1.29, 1.82) is 0 Å². The number of hydrogen-bond donors (Lipinski definition) is 0. The van der Waals surface area contributed by atoms with Crippen LogP contribution in [0.25, 0.3) is 0 Å². The van der Waals surface area contributed by atoms with Gasteiger partial charge in [0.15, 0.2) is 0 Å². The van der Waals surface area contributed by atoms with E-state index in [9.17, 15) is 17.8 Å². The smallest absolute Gasteiger partial charge is 0.744 e. The van der Waals surface area contributed by atoms with Crippen LogP contribution in [0, 0.1) is 0 Å². The van der Waals surface area contributed by atoms with Crippen molar-refractivity contribution in [2.75, 3.05) is 13.2 Å². The zero-order valence-corrected chi connectivity index (χ0v) is 21.0. The molecule has 10 heteroatoms. The molecule has 0 spiro atoms. The van der Waals surface area contributed by atoms with Crippen molar-refractivity contribution in [3.8, 4) is 0 Å². The summed E-state index contributed by atoms with van der Waals surface area (Å²) in [5, 5.41) is 0. The second-order valence-corrected chi connectivity index (χ2v) is 10.7. The van der Waals surface area contributed by atoms with Crippen molar-refractivity contribution >= 4 is 31.3 Å². The summed E-state index contributed by atoms with van der Waals surface area (Å²) >= 11 is 0. The molecule has 0 aliphatic carbocycles. The molecule has 0 atom stereocenters. The first-order valence-electron chi connectivity index (χ1n) is 8.83. The minimum Gasteiger partial charge on any atom is -0.744 e. The summed E-state index contributed by atoms with van der Waals surface area (Å²) in [5.74, 6) is 0.0916. The third-order valence-electron chi connectivity index (χ3n) is 3.85. The summed E-state index contributed by atoms with van der Waals surface area (Å²) in [6.07, 6.45) is 2.35. The first kappa shape index (κ1) is 29.8. The van der Waals surface area contributed by atoms with E-state index in [-0.39, 0.29) is 46.7 Å². The van der Waals surface area contributed by atoms with Crippen molar-refractivity contribution in [3.05, 3.63) is 29.8 Å². The average molecular weight is 441 g/mol. The molecule has 0 amide bonds. The second kappa shape index (κ2) is 15.4. The van der Waals surface area contributed by atoms with Gasteiger partial charge in [0, 0.05) is 26.1 Å². The summed E-state index contributed by atoms with van der Waals surface area (Å²) < 4.78 is 44.2. The summed E-state index contributed by atoms with van der Waals surface area (Å²) in [4.78, 5) is 19.8. The Morgan fingerprint density at radius 1 is 1.07 bits per heavy atom. The van der Waals surface area contributed by atoms with E-state index in [1.807, 2.05) is 27.2 Å². The van der Waals surface area contributed by atoms with Crippen molar-refractivity contribution in [2.45, 2.75) is 57.0 Å². The number of ketones is 1. The van der Waals surface area contributed by atoms with Crippen molar-refractivity contribution in [1.82, 2.24) is 0 Å². The van der Waals surface area contributed by atoms with Gasteiger partial charge in [0.1, 0.15) is 22.7 Å². The fourth-order valence-electron chi connectivity index (χ4n) is 2.65. The van der Waals surface area contributed by atoms with Gasteiger partial charge < -0.3 is 18.2 Å². The minimum absolute atomic E-state index is 0. The van der Waals surface area contributed by atoms with Crippen LogP contribution in [-0.2, 0) is 35.0 Å². The van der Waals surface area contributed by atoms with Crippen LogP contribution in [0.5, 0.6) is 0 Å². The number of unbranched alkanes of at least 4 members (excludes halogenated alkanes) is 1. The van der Waals surface area contributed by atoms with Gasteiger partial charge in [-0.2, -0.15) is 0 Å². The van der Waals surface area contributed by atoms with Gasteiger partial charge in [0.25, 0.3) is 0 Å². The number of carbonyl (C=O) groups is 2.